The Morgan fingerprint density at radius 1 is 0.696 bits per heavy atom. The molecule has 5 aromatic carbocycles. The van der Waals surface area contributed by atoms with E-state index in [9.17, 15) is 0 Å². The summed E-state index contributed by atoms with van der Waals surface area (Å²) in [4.78, 5) is 0. The molecule has 46 heavy (non-hydrogen) atoms. The molecule has 0 bridgehead atoms. The molecule has 0 amide bonds. The summed E-state index contributed by atoms with van der Waals surface area (Å²) in [7, 11) is -3.97. The Labute approximate surface area is 270 Å². The van der Waals surface area contributed by atoms with Gasteiger partial charge in [0.2, 0.25) is 0 Å². The van der Waals surface area contributed by atoms with Gasteiger partial charge in [-0.3, -0.25) is 9.97 Å². The van der Waals surface area contributed by atoms with Crippen molar-refractivity contribution in [3.63, 3.8) is 0 Å². The van der Waals surface area contributed by atoms with Crippen molar-refractivity contribution >= 4 is 19.1 Å². The molecular weight excluding hydrogens is 597 g/mol. The van der Waals surface area contributed by atoms with Gasteiger partial charge in [-0.2, -0.15) is 0 Å². The Kier molecular flexibility index (Phi) is 11.2. The van der Waals surface area contributed by atoms with Gasteiger partial charge in [0, 0.05) is 11.3 Å². The number of benzene rings is 5. The Bertz CT molecular complexity index is 1690. The SMILES string of the molecule is CCOc1cc(C(Nc2ccc(C(=N)N)cc2)P(=O)(OCc2ccccc2)OCc2ccccc2)ccc1OCc1ccccc1. The summed E-state index contributed by atoms with van der Waals surface area (Å²) >= 11 is 0. The Hall–Kier alpha value is -4.88. The summed E-state index contributed by atoms with van der Waals surface area (Å²) in [5, 5.41) is 11.2. The first-order valence-corrected chi connectivity index (χ1v) is 16.7. The fourth-order valence-electron chi connectivity index (χ4n) is 4.73. The lowest BCUT2D eigenvalue weighted by Crippen LogP contribution is -2.16. The van der Waals surface area contributed by atoms with E-state index in [-0.39, 0.29) is 19.0 Å². The first-order valence-electron chi connectivity index (χ1n) is 15.0. The summed E-state index contributed by atoms with van der Waals surface area (Å²) in [6, 6.07) is 41.5. The molecule has 0 aromatic heterocycles. The van der Waals surface area contributed by atoms with Crippen molar-refractivity contribution in [3.05, 3.63) is 161 Å². The van der Waals surface area contributed by atoms with Crippen molar-refractivity contribution in [2.75, 3.05) is 11.9 Å². The summed E-state index contributed by atoms with van der Waals surface area (Å²) in [6.45, 7) is 2.82. The van der Waals surface area contributed by atoms with Crippen LogP contribution < -0.4 is 20.5 Å². The average molecular weight is 636 g/mol. The van der Waals surface area contributed by atoms with Crippen LogP contribution in [-0.2, 0) is 33.4 Å². The molecule has 0 aliphatic heterocycles. The first-order chi connectivity index (χ1) is 22.4. The molecule has 0 aliphatic rings. The highest BCUT2D eigenvalue weighted by Crippen LogP contribution is 2.62. The summed E-state index contributed by atoms with van der Waals surface area (Å²) in [6.07, 6.45) is 0. The second-order valence-corrected chi connectivity index (χ2v) is 12.6. The molecule has 5 rings (SSSR count). The number of nitrogen functional groups attached to an aromatic ring is 1. The van der Waals surface area contributed by atoms with Crippen LogP contribution in [0.3, 0.4) is 0 Å². The van der Waals surface area contributed by atoms with Crippen LogP contribution in [0.2, 0.25) is 0 Å². The fourth-order valence-corrected chi connectivity index (χ4v) is 6.59. The van der Waals surface area contributed by atoms with Gasteiger partial charge in [0.15, 0.2) is 17.3 Å². The second-order valence-electron chi connectivity index (χ2n) is 10.5. The number of anilines is 1. The van der Waals surface area contributed by atoms with E-state index in [4.69, 9.17) is 29.7 Å². The zero-order valence-electron chi connectivity index (χ0n) is 25.7. The van der Waals surface area contributed by atoms with Crippen molar-refractivity contribution in [2.24, 2.45) is 5.73 Å². The van der Waals surface area contributed by atoms with Crippen LogP contribution >= 0.6 is 7.60 Å². The Morgan fingerprint density at radius 3 is 1.72 bits per heavy atom. The molecule has 0 saturated carbocycles. The lowest BCUT2D eigenvalue weighted by Gasteiger charge is -2.29. The van der Waals surface area contributed by atoms with E-state index in [2.05, 4.69) is 5.32 Å². The molecular formula is C37H38N3O5P. The number of rotatable bonds is 16. The van der Waals surface area contributed by atoms with E-state index in [1.54, 1.807) is 24.3 Å². The number of nitrogens with one attached hydrogen (secondary N) is 2. The van der Waals surface area contributed by atoms with Gasteiger partial charge in [-0.25, -0.2) is 0 Å². The van der Waals surface area contributed by atoms with Gasteiger partial charge in [-0.15, -0.1) is 0 Å². The fraction of sp³-hybridized carbons (Fsp3) is 0.162. The molecule has 5 aromatic rings. The maximum absolute atomic E-state index is 15.1. The highest BCUT2D eigenvalue weighted by molar-refractivity contribution is 7.54. The van der Waals surface area contributed by atoms with Crippen molar-refractivity contribution in [3.8, 4) is 11.5 Å². The molecule has 8 nitrogen and oxygen atoms in total. The Balaban J connectivity index is 1.53. The van der Waals surface area contributed by atoms with E-state index >= 15 is 4.57 Å². The van der Waals surface area contributed by atoms with Gasteiger partial charge in [-0.05, 0) is 65.6 Å². The second kappa shape index (κ2) is 15.9. The van der Waals surface area contributed by atoms with E-state index < -0.39 is 13.4 Å². The molecule has 1 atom stereocenters. The van der Waals surface area contributed by atoms with Crippen molar-refractivity contribution in [1.82, 2.24) is 0 Å². The molecule has 1 unspecified atom stereocenters. The molecule has 0 fully saturated rings. The minimum Gasteiger partial charge on any atom is -0.490 e. The number of hydrogen-bond donors (Lipinski definition) is 3. The molecule has 0 spiro atoms. The third-order valence-corrected chi connectivity index (χ3v) is 9.18. The normalized spacial score (nSPS) is 11.8. The zero-order chi connectivity index (χ0) is 32.2. The number of hydrogen-bond acceptors (Lipinski definition) is 7. The van der Waals surface area contributed by atoms with Gasteiger partial charge in [0.05, 0.1) is 19.8 Å². The predicted molar refractivity (Wildman–Crippen MR) is 182 cm³/mol. The topological polar surface area (TPSA) is 116 Å². The third kappa shape index (κ3) is 8.86. The van der Waals surface area contributed by atoms with E-state index in [1.165, 1.54) is 0 Å². The van der Waals surface area contributed by atoms with Crippen LogP contribution in [0, 0.1) is 5.41 Å². The van der Waals surface area contributed by atoms with E-state index in [0.29, 0.717) is 41.5 Å². The van der Waals surface area contributed by atoms with Crippen LogP contribution in [0.25, 0.3) is 0 Å². The lowest BCUT2D eigenvalue weighted by molar-refractivity contribution is 0.185. The molecule has 4 N–H and O–H groups in total. The van der Waals surface area contributed by atoms with Crippen molar-refractivity contribution < 1.29 is 23.1 Å². The maximum atomic E-state index is 15.1. The van der Waals surface area contributed by atoms with Gasteiger partial charge in [-0.1, -0.05) is 97.1 Å². The molecule has 0 radical (unpaired) electrons. The molecule has 0 heterocycles. The summed E-state index contributed by atoms with van der Waals surface area (Å²) < 4.78 is 39.8. The maximum Gasteiger partial charge on any atom is 0.357 e. The standard InChI is InChI=1S/C37H38N3O5P/c1-2-42-35-24-32(20-23-34(35)43-25-28-12-6-3-7-13-28)37(40-33-21-18-31(19-22-33)36(38)39)46(41,44-26-29-14-8-4-9-15-29)45-27-30-16-10-5-11-17-30/h3-24,37,40H,2,25-27H2,1H3,(H3,38,39). The van der Waals surface area contributed by atoms with Crippen molar-refractivity contribution in [2.45, 2.75) is 32.5 Å². The zero-order valence-corrected chi connectivity index (χ0v) is 26.6. The van der Waals surface area contributed by atoms with Crippen LogP contribution in [0.15, 0.2) is 133 Å². The quantitative estimate of drug-likeness (QED) is 0.0564. The number of amidine groups is 1. The largest absolute Gasteiger partial charge is 0.490 e. The van der Waals surface area contributed by atoms with Gasteiger partial charge in [0.25, 0.3) is 0 Å². The smallest absolute Gasteiger partial charge is 0.357 e. The lowest BCUT2D eigenvalue weighted by atomic mass is 10.1. The van der Waals surface area contributed by atoms with Crippen LogP contribution in [0.4, 0.5) is 5.69 Å². The van der Waals surface area contributed by atoms with Crippen LogP contribution in [0.1, 0.15) is 40.5 Å². The van der Waals surface area contributed by atoms with Crippen LogP contribution in [-0.4, -0.2) is 12.4 Å². The average Bonchev–Trinajstić information content (AvgIpc) is 3.10. The number of ether oxygens (including phenoxy) is 2. The predicted octanol–water partition coefficient (Wildman–Crippen LogP) is 8.69. The molecule has 0 saturated heterocycles. The highest BCUT2D eigenvalue weighted by atomic mass is 31.2. The minimum atomic E-state index is -3.97. The van der Waals surface area contributed by atoms with E-state index in [0.717, 1.165) is 16.7 Å². The van der Waals surface area contributed by atoms with E-state index in [1.807, 2.05) is 116 Å². The first kappa shape index (κ1) is 32.5. The highest BCUT2D eigenvalue weighted by Gasteiger charge is 2.38. The molecule has 236 valence electrons. The minimum absolute atomic E-state index is 0.0430. The van der Waals surface area contributed by atoms with Gasteiger partial charge in [0.1, 0.15) is 12.4 Å². The summed E-state index contributed by atoms with van der Waals surface area (Å²) in [5.74, 6) is 0.0840. The van der Waals surface area contributed by atoms with Crippen molar-refractivity contribution in [1.29, 1.82) is 5.41 Å². The number of nitrogens with two attached hydrogens (primary N) is 1. The summed E-state index contributed by atoms with van der Waals surface area (Å²) in [5.41, 5.74) is 10.3. The van der Waals surface area contributed by atoms with Crippen LogP contribution in [0.5, 0.6) is 11.5 Å². The Morgan fingerprint density at radius 2 is 1.22 bits per heavy atom. The monoisotopic (exact) mass is 635 g/mol. The molecule has 0 aliphatic carbocycles. The molecule has 9 heteroatoms. The van der Waals surface area contributed by atoms with Gasteiger partial charge < -0.3 is 29.6 Å². The third-order valence-electron chi connectivity index (χ3n) is 7.14. The van der Waals surface area contributed by atoms with Gasteiger partial charge >= 0.3 is 7.60 Å².